The largest absolute Gasteiger partial charge is 0.491 e. The van der Waals surface area contributed by atoms with Gasteiger partial charge >= 0.3 is 6.09 Å². The van der Waals surface area contributed by atoms with E-state index >= 15 is 0 Å². The summed E-state index contributed by atoms with van der Waals surface area (Å²) in [5, 5.41) is 26.6. The molecule has 0 aromatic heterocycles. The van der Waals surface area contributed by atoms with Crippen molar-refractivity contribution in [1.82, 2.24) is 10.6 Å². The lowest BCUT2D eigenvalue weighted by atomic mass is 9.88. The van der Waals surface area contributed by atoms with E-state index < -0.39 is 29.8 Å². The molecule has 40 heavy (non-hydrogen) atoms. The van der Waals surface area contributed by atoms with Crippen molar-refractivity contribution in [2.24, 2.45) is 11.8 Å². The van der Waals surface area contributed by atoms with Gasteiger partial charge in [-0.2, -0.15) is 0 Å². The van der Waals surface area contributed by atoms with E-state index in [0.29, 0.717) is 24.5 Å². The molecule has 4 N–H and O–H groups in total. The molecule has 5 atom stereocenters. The van der Waals surface area contributed by atoms with Crippen molar-refractivity contribution in [2.45, 2.75) is 90.0 Å². The zero-order chi connectivity index (χ0) is 29.1. The summed E-state index contributed by atoms with van der Waals surface area (Å²) in [7, 11) is 0. The molecule has 8 nitrogen and oxygen atoms in total. The molecule has 0 spiro atoms. The maximum Gasteiger partial charge on any atom is 0.407 e. The van der Waals surface area contributed by atoms with Crippen LogP contribution in [-0.2, 0) is 22.4 Å². The third kappa shape index (κ3) is 10.5. The highest BCUT2D eigenvalue weighted by Gasteiger charge is 2.32. The Morgan fingerprint density at radius 1 is 1.00 bits per heavy atom. The Balaban J connectivity index is 1.78. The Kier molecular flexibility index (Phi) is 11.8. The zero-order valence-corrected chi connectivity index (χ0v) is 24.3. The lowest BCUT2D eigenvalue weighted by Gasteiger charge is -2.29. The Morgan fingerprint density at radius 2 is 1.68 bits per heavy atom. The number of aliphatic hydroxyl groups excluding tert-OH is 2. The van der Waals surface area contributed by atoms with Crippen LogP contribution in [0.1, 0.15) is 64.5 Å². The van der Waals surface area contributed by atoms with Gasteiger partial charge in [0.2, 0.25) is 5.91 Å². The second-order valence-corrected chi connectivity index (χ2v) is 11.9. The molecular formula is C32H46N2O6. The number of alkyl carbamates (subject to hydrolysis) is 1. The van der Waals surface area contributed by atoms with Gasteiger partial charge in [-0.25, -0.2) is 4.79 Å². The van der Waals surface area contributed by atoms with Gasteiger partial charge in [0.15, 0.2) is 0 Å². The SMILES string of the molecule is CC1CCCC1NC(=O)C(Cc1ccc(OCCO)cc1)CC(O)C(Cc1ccccc1)NC(=O)OC(C)(C)C. The summed E-state index contributed by atoms with van der Waals surface area (Å²) in [6.07, 6.45) is 2.53. The Morgan fingerprint density at radius 3 is 2.27 bits per heavy atom. The van der Waals surface area contributed by atoms with Crippen LogP contribution < -0.4 is 15.4 Å². The van der Waals surface area contributed by atoms with Crippen LogP contribution in [0.2, 0.25) is 0 Å². The zero-order valence-electron chi connectivity index (χ0n) is 24.3. The summed E-state index contributed by atoms with van der Waals surface area (Å²) >= 11 is 0. The predicted octanol–water partition coefficient (Wildman–Crippen LogP) is 4.41. The fourth-order valence-electron chi connectivity index (χ4n) is 5.18. The van der Waals surface area contributed by atoms with Crippen LogP contribution in [0.3, 0.4) is 0 Å². The second kappa shape index (κ2) is 15.1. The van der Waals surface area contributed by atoms with Gasteiger partial charge in [0.1, 0.15) is 18.0 Å². The van der Waals surface area contributed by atoms with E-state index in [1.54, 1.807) is 20.8 Å². The molecule has 1 saturated carbocycles. The second-order valence-electron chi connectivity index (χ2n) is 11.9. The maximum absolute atomic E-state index is 13.6. The lowest BCUT2D eigenvalue weighted by Crippen LogP contribution is -2.49. The monoisotopic (exact) mass is 554 g/mol. The molecule has 1 fully saturated rings. The third-order valence-corrected chi connectivity index (χ3v) is 7.32. The van der Waals surface area contributed by atoms with Crippen LogP contribution in [0.5, 0.6) is 5.75 Å². The van der Waals surface area contributed by atoms with E-state index in [0.717, 1.165) is 30.4 Å². The fourth-order valence-corrected chi connectivity index (χ4v) is 5.18. The maximum atomic E-state index is 13.6. The number of carbonyl (C=O) groups is 2. The number of nitrogens with one attached hydrogen (secondary N) is 2. The molecule has 2 aromatic rings. The lowest BCUT2D eigenvalue weighted by molar-refractivity contribution is -0.127. The number of aliphatic hydroxyl groups is 2. The Labute approximate surface area is 238 Å². The number of amides is 2. The van der Waals surface area contributed by atoms with E-state index in [1.165, 1.54) is 0 Å². The van der Waals surface area contributed by atoms with Crippen molar-refractivity contribution < 1.29 is 29.3 Å². The fraction of sp³-hybridized carbons (Fsp3) is 0.562. The quantitative estimate of drug-likeness (QED) is 0.292. The minimum atomic E-state index is -0.989. The van der Waals surface area contributed by atoms with Crippen LogP contribution in [0.25, 0.3) is 0 Å². The summed E-state index contributed by atoms with van der Waals surface area (Å²) in [6, 6.07) is 16.6. The van der Waals surface area contributed by atoms with Crippen LogP contribution in [0.15, 0.2) is 54.6 Å². The molecule has 220 valence electrons. The number of benzene rings is 2. The summed E-state index contributed by atoms with van der Waals surface area (Å²) in [5.74, 6) is 0.458. The minimum Gasteiger partial charge on any atom is -0.491 e. The highest BCUT2D eigenvalue weighted by Crippen LogP contribution is 2.27. The first-order valence-corrected chi connectivity index (χ1v) is 14.4. The van der Waals surface area contributed by atoms with Gasteiger partial charge in [0, 0.05) is 12.0 Å². The summed E-state index contributed by atoms with van der Waals surface area (Å²) < 4.78 is 10.9. The molecule has 8 heteroatoms. The smallest absolute Gasteiger partial charge is 0.407 e. The van der Waals surface area contributed by atoms with Gasteiger partial charge in [-0.05, 0) is 82.1 Å². The van der Waals surface area contributed by atoms with Crippen molar-refractivity contribution in [3.05, 3.63) is 65.7 Å². The average molecular weight is 555 g/mol. The predicted molar refractivity (Wildman–Crippen MR) is 155 cm³/mol. The molecule has 0 heterocycles. The van der Waals surface area contributed by atoms with Crippen LogP contribution in [0.4, 0.5) is 4.79 Å². The molecule has 3 rings (SSSR count). The molecule has 2 aromatic carbocycles. The summed E-state index contributed by atoms with van der Waals surface area (Å²) in [4.78, 5) is 26.3. The first-order valence-electron chi connectivity index (χ1n) is 14.4. The number of ether oxygens (including phenoxy) is 2. The number of carbonyl (C=O) groups excluding carboxylic acids is 2. The topological polar surface area (TPSA) is 117 Å². The highest BCUT2D eigenvalue weighted by molar-refractivity contribution is 5.79. The van der Waals surface area contributed by atoms with Crippen molar-refractivity contribution >= 4 is 12.0 Å². The van der Waals surface area contributed by atoms with E-state index in [-0.39, 0.29) is 31.6 Å². The van der Waals surface area contributed by atoms with Gasteiger partial charge in [0.05, 0.1) is 18.8 Å². The van der Waals surface area contributed by atoms with Crippen LogP contribution >= 0.6 is 0 Å². The molecule has 1 aliphatic carbocycles. The van der Waals surface area contributed by atoms with E-state index in [4.69, 9.17) is 14.6 Å². The number of hydrogen-bond donors (Lipinski definition) is 4. The van der Waals surface area contributed by atoms with Gasteiger partial charge in [-0.1, -0.05) is 55.8 Å². The molecule has 2 amide bonds. The minimum absolute atomic E-state index is 0.0665. The molecule has 0 aliphatic heterocycles. The summed E-state index contributed by atoms with van der Waals surface area (Å²) in [6.45, 7) is 7.68. The average Bonchev–Trinajstić information content (AvgIpc) is 3.30. The molecule has 0 bridgehead atoms. The van der Waals surface area contributed by atoms with Crippen molar-refractivity contribution in [3.8, 4) is 5.75 Å². The van der Waals surface area contributed by atoms with Gasteiger partial charge in [-0.15, -0.1) is 0 Å². The van der Waals surface area contributed by atoms with Gasteiger partial charge < -0.3 is 30.3 Å². The third-order valence-electron chi connectivity index (χ3n) is 7.32. The van der Waals surface area contributed by atoms with Crippen LogP contribution in [0, 0.1) is 11.8 Å². The molecule has 0 saturated heterocycles. The first-order chi connectivity index (χ1) is 19.0. The van der Waals surface area contributed by atoms with Crippen molar-refractivity contribution in [2.75, 3.05) is 13.2 Å². The normalized spacial score (nSPS) is 19.4. The van der Waals surface area contributed by atoms with Gasteiger partial charge in [-0.3, -0.25) is 4.79 Å². The van der Waals surface area contributed by atoms with E-state index in [9.17, 15) is 14.7 Å². The van der Waals surface area contributed by atoms with E-state index in [2.05, 4.69) is 17.6 Å². The molecule has 0 radical (unpaired) electrons. The van der Waals surface area contributed by atoms with Gasteiger partial charge in [0.25, 0.3) is 0 Å². The van der Waals surface area contributed by atoms with Crippen molar-refractivity contribution in [1.29, 1.82) is 0 Å². The highest BCUT2D eigenvalue weighted by atomic mass is 16.6. The molecule has 1 aliphatic rings. The summed E-state index contributed by atoms with van der Waals surface area (Å²) in [5.41, 5.74) is 1.21. The van der Waals surface area contributed by atoms with Crippen LogP contribution in [-0.4, -0.2) is 59.2 Å². The molecule has 5 unspecified atom stereocenters. The molecular weight excluding hydrogens is 508 g/mol. The standard InChI is InChI=1S/C32H46N2O6/c1-22-9-8-12-27(22)33-30(37)25(19-24-13-15-26(16-14-24)39-18-17-35)21-29(36)28(20-23-10-6-5-7-11-23)34-31(38)40-32(2,3)4/h5-7,10-11,13-16,22,25,27-29,35-36H,8-9,12,17-21H2,1-4H3,(H,33,37)(H,34,38). The number of hydrogen-bond acceptors (Lipinski definition) is 6. The Bertz CT molecular complexity index is 1050. The Hall–Kier alpha value is -3.10. The number of rotatable bonds is 13. The van der Waals surface area contributed by atoms with Crippen molar-refractivity contribution in [3.63, 3.8) is 0 Å². The van der Waals surface area contributed by atoms with E-state index in [1.807, 2.05) is 54.6 Å². The first kappa shape index (κ1) is 31.4.